The van der Waals surface area contributed by atoms with E-state index in [-0.39, 0.29) is 17.4 Å². The number of sulfone groups is 1. The minimum absolute atomic E-state index is 0.0510. The van der Waals surface area contributed by atoms with Crippen LogP contribution in [0.1, 0.15) is 25.5 Å². The lowest BCUT2D eigenvalue weighted by Crippen LogP contribution is -2.42. The zero-order valence-electron chi connectivity index (χ0n) is 17.4. The standard InChI is InChI=1S/C20H24N2O7S2/c1-4-31(26,27)22(16-7-10-18-19(11-16)29-13-28-18)12-20(23)21-14(2)15-5-8-17(9-6-15)30(3,24)25/h5-11,14H,4,12-13H2,1-3H3,(H,21,23)/t14-/m0/s1. The average molecular weight is 469 g/mol. The Morgan fingerprint density at radius 2 is 1.71 bits per heavy atom. The van der Waals surface area contributed by atoms with Crippen LogP contribution in [0.2, 0.25) is 0 Å². The zero-order chi connectivity index (χ0) is 22.8. The molecule has 11 heteroatoms. The van der Waals surface area contributed by atoms with E-state index in [0.29, 0.717) is 22.7 Å². The van der Waals surface area contributed by atoms with Crippen molar-refractivity contribution in [2.75, 3.05) is 29.7 Å². The quantitative estimate of drug-likeness (QED) is 0.628. The number of fused-ring (bicyclic) bond motifs is 1. The number of hydrogen-bond donors (Lipinski definition) is 1. The summed E-state index contributed by atoms with van der Waals surface area (Å²) in [6.07, 6.45) is 1.12. The van der Waals surface area contributed by atoms with Gasteiger partial charge in [-0.15, -0.1) is 0 Å². The zero-order valence-corrected chi connectivity index (χ0v) is 19.0. The molecule has 168 valence electrons. The predicted octanol–water partition coefficient (Wildman–Crippen LogP) is 1.85. The number of benzene rings is 2. The van der Waals surface area contributed by atoms with Gasteiger partial charge in [-0.05, 0) is 43.7 Å². The number of nitrogens with zero attached hydrogens (tertiary/aromatic N) is 1. The molecular weight excluding hydrogens is 444 g/mol. The second-order valence-corrected chi connectivity index (χ2v) is 11.3. The fourth-order valence-electron chi connectivity index (χ4n) is 3.05. The summed E-state index contributed by atoms with van der Waals surface area (Å²) in [7, 11) is -7.06. The van der Waals surface area contributed by atoms with Crippen molar-refractivity contribution in [3.05, 3.63) is 48.0 Å². The molecule has 9 nitrogen and oxygen atoms in total. The summed E-state index contributed by atoms with van der Waals surface area (Å²) in [6.45, 7) is 2.86. The molecule has 1 aliphatic rings. The molecule has 2 aromatic carbocycles. The molecule has 0 aromatic heterocycles. The van der Waals surface area contributed by atoms with Crippen LogP contribution in [0.3, 0.4) is 0 Å². The highest BCUT2D eigenvalue weighted by molar-refractivity contribution is 7.92. The predicted molar refractivity (Wildman–Crippen MR) is 115 cm³/mol. The number of carbonyl (C=O) groups is 1. The van der Waals surface area contributed by atoms with Crippen LogP contribution in [-0.2, 0) is 24.7 Å². The van der Waals surface area contributed by atoms with E-state index in [1.54, 1.807) is 31.2 Å². The Morgan fingerprint density at radius 1 is 1.06 bits per heavy atom. The molecule has 0 unspecified atom stereocenters. The fraction of sp³-hybridized carbons (Fsp3) is 0.350. The van der Waals surface area contributed by atoms with Crippen molar-refractivity contribution < 1.29 is 31.1 Å². The molecule has 0 bridgehead atoms. The van der Waals surface area contributed by atoms with Crippen molar-refractivity contribution in [3.8, 4) is 11.5 Å². The van der Waals surface area contributed by atoms with Gasteiger partial charge < -0.3 is 14.8 Å². The Morgan fingerprint density at radius 3 is 2.32 bits per heavy atom. The van der Waals surface area contributed by atoms with Gasteiger partial charge in [0.2, 0.25) is 22.7 Å². The minimum Gasteiger partial charge on any atom is -0.454 e. The summed E-state index contributed by atoms with van der Waals surface area (Å²) in [5, 5.41) is 2.75. The van der Waals surface area contributed by atoms with Crippen LogP contribution in [-0.4, -0.2) is 48.1 Å². The molecule has 2 aromatic rings. The smallest absolute Gasteiger partial charge is 0.241 e. The Labute approximate surface area is 181 Å². The van der Waals surface area contributed by atoms with Crippen molar-refractivity contribution >= 4 is 31.5 Å². The maximum Gasteiger partial charge on any atom is 0.241 e. The highest BCUT2D eigenvalue weighted by Gasteiger charge is 2.26. The number of nitrogens with one attached hydrogen (secondary N) is 1. The van der Waals surface area contributed by atoms with Crippen LogP contribution in [0, 0.1) is 0 Å². The van der Waals surface area contributed by atoms with Crippen LogP contribution < -0.4 is 19.1 Å². The first-order chi connectivity index (χ1) is 14.5. The Bertz CT molecular complexity index is 1180. The van der Waals surface area contributed by atoms with Crippen molar-refractivity contribution in [1.82, 2.24) is 5.32 Å². The van der Waals surface area contributed by atoms with Gasteiger partial charge in [0.15, 0.2) is 21.3 Å². The van der Waals surface area contributed by atoms with E-state index in [9.17, 15) is 21.6 Å². The van der Waals surface area contributed by atoms with E-state index in [1.165, 1.54) is 25.1 Å². The van der Waals surface area contributed by atoms with Gasteiger partial charge >= 0.3 is 0 Å². The van der Waals surface area contributed by atoms with Gasteiger partial charge in [-0.1, -0.05) is 12.1 Å². The fourth-order valence-corrected chi connectivity index (χ4v) is 4.74. The summed E-state index contributed by atoms with van der Waals surface area (Å²) in [4.78, 5) is 12.8. The lowest BCUT2D eigenvalue weighted by molar-refractivity contribution is -0.120. The summed E-state index contributed by atoms with van der Waals surface area (Å²) >= 11 is 0. The molecule has 1 N–H and O–H groups in total. The molecular formula is C20H24N2O7S2. The van der Waals surface area contributed by atoms with Gasteiger partial charge in [-0.3, -0.25) is 9.10 Å². The van der Waals surface area contributed by atoms with Gasteiger partial charge in [0, 0.05) is 12.3 Å². The molecule has 0 fully saturated rings. The molecule has 1 amide bonds. The van der Waals surface area contributed by atoms with Crippen LogP contribution in [0.25, 0.3) is 0 Å². The third-order valence-electron chi connectivity index (χ3n) is 4.82. The number of hydrogen-bond acceptors (Lipinski definition) is 7. The SMILES string of the molecule is CCS(=O)(=O)N(CC(=O)N[C@@H](C)c1ccc(S(C)(=O)=O)cc1)c1ccc2c(c1)OCO2. The first kappa shape index (κ1) is 22.9. The normalized spacial score (nSPS) is 14.2. The summed E-state index contributed by atoms with van der Waals surface area (Å²) in [5.41, 5.74) is 0.986. The molecule has 0 aliphatic carbocycles. The van der Waals surface area contributed by atoms with Crippen LogP contribution in [0.4, 0.5) is 5.69 Å². The van der Waals surface area contributed by atoms with E-state index in [0.717, 1.165) is 10.6 Å². The molecule has 0 spiro atoms. The molecule has 3 rings (SSSR count). The molecule has 1 atom stereocenters. The second kappa shape index (κ2) is 8.75. The second-order valence-electron chi connectivity index (χ2n) is 7.08. The lowest BCUT2D eigenvalue weighted by atomic mass is 10.1. The Hall–Kier alpha value is -2.79. The van der Waals surface area contributed by atoms with Crippen LogP contribution in [0.15, 0.2) is 47.4 Å². The largest absolute Gasteiger partial charge is 0.454 e. The average Bonchev–Trinajstić information content (AvgIpc) is 3.19. The molecule has 0 saturated heterocycles. The van der Waals surface area contributed by atoms with Crippen molar-refractivity contribution in [2.24, 2.45) is 0 Å². The first-order valence-electron chi connectivity index (χ1n) is 9.50. The maximum atomic E-state index is 12.7. The molecule has 1 heterocycles. The topological polar surface area (TPSA) is 119 Å². The van der Waals surface area contributed by atoms with E-state index in [1.807, 2.05) is 0 Å². The first-order valence-corrected chi connectivity index (χ1v) is 13.0. The monoisotopic (exact) mass is 468 g/mol. The molecule has 1 aliphatic heterocycles. The van der Waals surface area contributed by atoms with Gasteiger partial charge in [0.25, 0.3) is 0 Å². The van der Waals surface area contributed by atoms with E-state index >= 15 is 0 Å². The third-order valence-corrected chi connectivity index (χ3v) is 7.69. The Balaban J connectivity index is 1.76. The van der Waals surface area contributed by atoms with Gasteiger partial charge in [0.05, 0.1) is 22.4 Å². The van der Waals surface area contributed by atoms with Gasteiger partial charge in [0.1, 0.15) is 6.54 Å². The number of sulfonamides is 1. The van der Waals surface area contributed by atoms with Gasteiger partial charge in [-0.25, -0.2) is 16.8 Å². The number of rotatable bonds is 8. The van der Waals surface area contributed by atoms with Crippen molar-refractivity contribution in [1.29, 1.82) is 0 Å². The minimum atomic E-state index is -3.74. The highest BCUT2D eigenvalue weighted by Crippen LogP contribution is 2.36. The van der Waals surface area contributed by atoms with Gasteiger partial charge in [-0.2, -0.15) is 0 Å². The number of amides is 1. The number of ether oxygens (including phenoxy) is 2. The highest BCUT2D eigenvalue weighted by atomic mass is 32.2. The van der Waals surface area contributed by atoms with Crippen molar-refractivity contribution in [2.45, 2.75) is 24.8 Å². The van der Waals surface area contributed by atoms with E-state index in [4.69, 9.17) is 9.47 Å². The molecule has 0 saturated carbocycles. The lowest BCUT2D eigenvalue weighted by Gasteiger charge is -2.24. The molecule has 0 radical (unpaired) electrons. The maximum absolute atomic E-state index is 12.7. The Kier molecular flexibility index (Phi) is 6.46. The van der Waals surface area contributed by atoms with E-state index in [2.05, 4.69) is 5.32 Å². The number of carbonyl (C=O) groups excluding carboxylic acids is 1. The number of anilines is 1. The van der Waals surface area contributed by atoms with Crippen LogP contribution in [0.5, 0.6) is 11.5 Å². The molecule has 31 heavy (non-hydrogen) atoms. The summed E-state index contributed by atoms with van der Waals surface area (Å²) in [6, 6.07) is 10.4. The van der Waals surface area contributed by atoms with Crippen molar-refractivity contribution in [3.63, 3.8) is 0 Å². The summed E-state index contributed by atoms with van der Waals surface area (Å²) < 4.78 is 60.1. The third kappa shape index (κ3) is 5.28. The summed E-state index contributed by atoms with van der Waals surface area (Å²) in [5.74, 6) is 0.230. The van der Waals surface area contributed by atoms with Crippen LogP contribution >= 0.6 is 0 Å². The van der Waals surface area contributed by atoms with E-state index < -0.39 is 38.4 Å².